The lowest BCUT2D eigenvalue weighted by Gasteiger charge is -2.10. The maximum Gasteiger partial charge on any atom is 0.257 e. The Labute approximate surface area is 175 Å². The monoisotopic (exact) mass is 435 g/mol. The molecule has 29 heavy (non-hydrogen) atoms. The van der Waals surface area contributed by atoms with Crippen LogP contribution in [0.1, 0.15) is 16.4 Å². The average Bonchev–Trinajstić information content (AvgIpc) is 3.30. The summed E-state index contributed by atoms with van der Waals surface area (Å²) in [5.74, 6) is -0.268. The van der Waals surface area contributed by atoms with Crippen molar-refractivity contribution in [2.45, 2.75) is 19.9 Å². The van der Waals surface area contributed by atoms with Crippen LogP contribution >= 0.6 is 22.9 Å². The molecule has 2 aliphatic rings. The van der Waals surface area contributed by atoms with Crippen molar-refractivity contribution >= 4 is 34.7 Å². The van der Waals surface area contributed by atoms with Gasteiger partial charge in [0.1, 0.15) is 10.0 Å². The number of hydrogen-bond acceptors (Lipinski definition) is 9. The minimum Gasteiger partial charge on any atom is -0.475 e. The zero-order valence-corrected chi connectivity index (χ0v) is 17.1. The number of nitrogens with zero attached hydrogens (tertiary/aromatic N) is 4. The summed E-state index contributed by atoms with van der Waals surface area (Å²) in [7, 11) is 0. The quantitative estimate of drug-likeness (QED) is 0.608. The van der Waals surface area contributed by atoms with E-state index in [1.54, 1.807) is 6.20 Å². The van der Waals surface area contributed by atoms with E-state index in [1.807, 2.05) is 19.1 Å². The summed E-state index contributed by atoms with van der Waals surface area (Å²) in [5, 5.41) is 16.1. The number of allylic oxidation sites excluding steroid dienone is 4. The van der Waals surface area contributed by atoms with E-state index in [-0.39, 0.29) is 30.1 Å². The van der Waals surface area contributed by atoms with Crippen molar-refractivity contribution in [1.29, 1.82) is 0 Å². The number of aromatic nitrogens is 4. The molecule has 2 unspecified atom stereocenters. The summed E-state index contributed by atoms with van der Waals surface area (Å²) < 4.78 is 20.3. The summed E-state index contributed by atoms with van der Waals surface area (Å²) in [6, 6.07) is 0. The molecule has 2 aromatic rings. The van der Waals surface area contributed by atoms with Gasteiger partial charge in [0.2, 0.25) is 11.8 Å². The first-order chi connectivity index (χ1) is 14.0. The summed E-state index contributed by atoms with van der Waals surface area (Å²) >= 11 is 7.29. The van der Waals surface area contributed by atoms with E-state index in [9.17, 15) is 4.39 Å². The van der Waals surface area contributed by atoms with Gasteiger partial charge in [-0.05, 0) is 37.3 Å². The highest BCUT2D eigenvalue weighted by molar-refractivity contribution is 7.11. The average molecular weight is 436 g/mol. The van der Waals surface area contributed by atoms with Crippen molar-refractivity contribution in [2.24, 2.45) is 11.8 Å². The van der Waals surface area contributed by atoms with Crippen LogP contribution in [0.4, 0.5) is 16.2 Å². The Morgan fingerprint density at radius 3 is 3.00 bits per heavy atom. The highest BCUT2D eigenvalue weighted by Crippen LogP contribution is 2.41. The van der Waals surface area contributed by atoms with Gasteiger partial charge in [-0.15, -0.1) is 10.2 Å². The number of hydrogen-bond donors (Lipinski definition) is 3. The van der Waals surface area contributed by atoms with E-state index in [1.165, 1.54) is 11.3 Å². The highest BCUT2D eigenvalue weighted by Gasteiger charge is 2.36. The molecule has 4 N–H and O–H groups in total. The molecule has 1 aliphatic heterocycles. The third kappa shape index (κ3) is 5.01. The van der Waals surface area contributed by atoms with E-state index in [4.69, 9.17) is 22.1 Å². The zero-order valence-electron chi connectivity index (χ0n) is 15.5. The fourth-order valence-electron chi connectivity index (χ4n) is 2.83. The lowest BCUT2D eigenvalue weighted by atomic mass is 10.2. The standard InChI is InChI=1S/C18H19ClFN7OS/c1-9-26-27-14(29-9)7-23-16-15(20)17(25-18(21)24-16)28-8-11-4-10(11)5-13-3-2-12(19)6-22-13/h2-3,5-6,10-11,22H,4,7-8H2,1H3,(H3,21,23,24,25). The maximum absolute atomic E-state index is 14.7. The number of aryl methyl sites for hydroxylation is 1. The van der Waals surface area contributed by atoms with Crippen LogP contribution in [0.5, 0.6) is 5.88 Å². The molecule has 8 nitrogen and oxygen atoms in total. The molecule has 0 radical (unpaired) electrons. The predicted molar refractivity (Wildman–Crippen MR) is 110 cm³/mol. The Morgan fingerprint density at radius 2 is 2.28 bits per heavy atom. The van der Waals surface area contributed by atoms with E-state index in [0.717, 1.165) is 22.1 Å². The largest absolute Gasteiger partial charge is 0.475 e. The first kappa shape index (κ1) is 19.6. The van der Waals surface area contributed by atoms with Crippen LogP contribution in [0.25, 0.3) is 0 Å². The molecule has 1 saturated carbocycles. The number of nitrogens with one attached hydrogen (secondary N) is 2. The van der Waals surface area contributed by atoms with Gasteiger partial charge >= 0.3 is 0 Å². The van der Waals surface area contributed by atoms with Crippen molar-refractivity contribution in [2.75, 3.05) is 17.7 Å². The van der Waals surface area contributed by atoms with E-state index < -0.39 is 5.82 Å². The first-order valence-electron chi connectivity index (χ1n) is 8.98. The van der Waals surface area contributed by atoms with Crippen LogP contribution in [0.2, 0.25) is 0 Å². The molecule has 0 bridgehead atoms. The molecule has 2 aromatic heterocycles. The second-order valence-corrected chi connectivity index (χ2v) is 8.42. The first-order valence-corrected chi connectivity index (χ1v) is 10.2. The van der Waals surface area contributed by atoms with E-state index in [0.29, 0.717) is 17.6 Å². The van der Waals surface area contributed by atoms with Crippen LogP contribution in [0.15, 0.2) is 35.2 Å². The molecule has 1 fully saturated rings. The fourth-order valence-corrected chi connectivity index (χ4v) is 3.60. The molecular formula is C18H19ClFN7OS. The van der Waals surface area contributed by atoms with Crippen molar-refractivity contribution < 1.29 is 9.13 Å². The molecule has 1 aliphatic carbocycles. The van der Waals surface area contributed by atoms with Crippen LogP contribution in [0.3, 0.4) is 0 Å². The van der Waals surface area contributed by atoms with Crippen molar-refractivity contribution in [3.63, 3.8) is 0 Å². The lowest BCUT2D eigenvalue weighted by molar-refractivity contribution is 0.269. The van der Waals surface area contributed by atoms with Gasteiger partial charge in [-0.2, -0.15) is 14.4 Å². The van der Waals surface area contributed by atoms with Gasteiger partial charge in [0.25, 0.3) is 5.88 Å². The van der Waals surface area contributed by atoms with Gasteiger partial charge in [0.05, 0.1) is 18.2 Å². The molecule has 2 atom stereocenters. The van der Waals surface area contributed by atoms with E-state index in [2.05, 4.69) is 36.9 Å². The van der Waals surface area contributed by atoms with Gasteiger partial charge in [0.15, 0.2) is 5.82 Å². The molecule has 3 heterocycles. The molecule has 0 aromatic carbocycles. The SMILES string of the molecule is Cc1nnc(CNc2nc(N)nc(OCC3CC3C=C3C=CC(Cl)=CN3)c2F)s1. The Balaban J connectivity index is 1.34. The van der Waals surface area contributed by atoms with Crippen molar-refractivity contribution in [1.82, 2.24) is 25.5 Å². The number of anilines is 2. The minimum atomic E-state index is -0.673. The summed E-state index contributed by atoms with van der Waals surface area (Å²) in [5.41, 5.74) is 6.69. The minimum absolute atomic E-state index is 0.0185. The topological polar surface area (TPSA) is 111 Å². The normalized spacial score (nSPS) is 21.6. The highest BCUT2D eigenvalue weighted by atomic mass is 35.5. The van der Waals surface area contributed by atoms with Gasteiger partial charge < -0.3 is 21.1 Å². The number of ether oxygens (including phenoxy) is 1. The molecular weight excluding hydrogens is 417 g/mol. The smallest absolute Gasteiger partial charge is 0.257 e. The van der Waals surface area contributed by atoms with Gasteiger partial charge in [-0.25, -0.2) is 0 Å². The van der Waals surface area contributed by atoms with Gasteiger partial charge in [-0.1, -0.05) is 29.0 Å². The molecule has 152 valence electrons. The third-order valence-corrected chi connectivity index (χ3v) is 5.49. The molecule has 0 saturated heterocycles. The van der Waals surface area contributed by atoms with Crippen molar-refractivity contribution in [3.8, 4) is 5.88 Å². The molecule has 0 amide bonds. The van der Waals surface area contributed by atoms with E-state index >= 15 is 0 Å². The maximum atomic E-state index is 14.7. The number of nitrogen functional groups attached to an aromatic ring is 1. The third-order valence-electron chi connectivity index (χ3n) is 4.42. The Bertz CT molecular complexity index is 1010. The van der Waals surface area contributed by atoms with Crippen LogP contribution in [-0.2, 0) is 6.54 Å². The van der Waals surface area contributed by atoms with Crippen LogP contribution in [0, 0.1) is 24.6 Å². The molecule has 4 rings (SSSR count). The Kier molecular flexibility index (Phi) is 5.63. The number of halogens is 2. The zero-order chi connectivity index (χ0) is 20.4. The van der Waals surface area contributed by atoms with Crippen LogP contribution < -0.4 is 21.1 Å². The second-order valence-electron chi connectivity index (χ2n) is 6.72. The number of rotatable bonds is 7. The molecule has 11 heteroatoms. The van der Waals surface area contributed by atoms with Crippen LogP contribution in [-0.4, -0.2) is 26.8 Å². The predicted octanol–water partition coefficient (Wildman–Crippen LogP) is 3.11. The molecule has 0 spiro atoms. The van der Waals surface area contributed by atoms with Gasteiger partial charge in [0, 0.05) is 11.9 Å². The number of dihydropyridines is 1. The van der Waals surface area contributed by atoms with Gasteiger partial charge in [-0.3, -0.25) is 0 Å². The second kappa shape index (κ2) is 8.34. The summed E-state index contributed by atoms with van der Waals surface area (Å²) in [6.07, 6.45) is 8.55. The fraction of sp³-hybridized carbons (Fsp3) is 0.333. The van der Waals surface area contributed by atoms with Crippen molar-refractivity contribution in [3.05, 3.63) is 51.0 Å². The summed E-state index contributed by atoms with van der Waals surface area (Å²) in [6.45, 7) is 2.48. The Morgan fingerprint density at radius 1 is 1.41 bits per heavy atom. The lowest BCUT2D eigenvalue weighted by Crippen LogP contribution is -2.11. The summed E-state index contributed by atoms with van der Waals surface area (Å²) in [4.78, 5) is 7.80. The number of nitrogens with two attached hydrogens (primary N) is 1. The Hall–Kier alpha value is -2.72.